The molecule has 1 aliphatic rings. The minimum atomic E-state index is 0.787. The molecule has 24 heavy (non-hydrogen) atoms. The second-order valence-corrected chi connectivity index (χ2v) is 5.89. The Kier molecular flexibility index (Phi) is 4.94. The van der Waals surface area contributed by atoms with Crippen LogP contribution in [0.5, 0.6) is 0 Å². The van der Waals surface area contributed by atoms with Gasteiger partial charge in [-0.3, -0.25) is 9.99 Å². The van der Waals surface area contributed by atoms with Crippen LogP contribution in [0.1, 0.15) is 26.3 Å². The fraction of sp³-hybridized carbons (Fsp3) is 0.300. The lowest BCUT2D eigenvalue weighted by Crippen LogP contribution is -2.21. The number of hydrazone groups is 1. The smallest absolute Gasteiger partial charge is 0.0781 e. The van der Waals surface area contributed by atoms with Crippen molar-refractivity contribution in [2.45, 2.75) is 20.8 Å². The molecule has 0 saturated heterocycles. The van der Waals surface area contributed by atoms with Crippen LogP contribution in [-0.2, 0) is 0 Å². The first-order valence-electron chi connectivity index (χ1n) is 8.50. The molecular formula is C20H24N4. The second kappa shape index (κ2) is 7.30. The SMILES string of the molecule is CCN(CC)c1ccc(C=C2CN(c3cccnc3)N=C2C)cc1. The Morgan fingerprint density at radius 2 is 1.88 bits per heavy atom. The van der Waals surface area contributed by atoms with Gasteiger partial charge in [0, 0.05) is 25.0 Å². The number of pyridine rings is 1. The van der Waals surface area contributed by atoms with Crippen LogP contribution in [0.4, 0.5) is 11.4 Å². The second-order valence-electron chi connectivity index (χ2n) is 5.89. The fourth-order valence-electron chi connectivity index (χ4n) is 2.93. The van der Waals surface area contributed by atoms with E-state index >= 15 is 0 Å². The molecule has 1 aliphatic heterocycles. The molecule has 1 aromatic carbocycles. The normalized spacial score (nSPS) is 15.7. The monoisotopic (exact) mass is 320 g/mol. The van der Waals surface area contributed by atoms with E-state index in [1.165, 1.54) is 16.8 Å². The van der Waals surface area contributed by atoms with Crippen LogP contribution >= 0.6 is 0 Å². The van der Waals surface area contributed by atoms with Crippen molar-refractivity contribution in [1.29, 1.82) is 0 Å². The zero-order valence-electron chi connectivity index (χ0n) is 14.6. The number of rotatable bonds is 5. The molecule has 0 bridgehead atoms. The minimum Gasteiger partial charge on any atom is -0.372 e. The topological polar surface area (TPSA) is 31.7 Å². The quantitative estimate of drug-likeness (QED) is 0.827. The van der Waals surface area contributed by atoms with Crippen molar-refractivity contribution in [1.82, 2.24) is 4.98 Å². The summed E-state index contributed by atoms with van der Waals surface area (Å²) in [6, 6.07) is 12.7. The summed E-state index contributed by atoms with van der Waals surface area (Å²) in [5.74, 6) is 0. The van der Waals surface area contributed by atoms with E-state index < -0.39 is 0 Å². The third kappa shape index (κ3) is 3.48. The van der Waals surface area contributed by atoms with Gasteiger partial charge in [-0.15, -0.1) is 0 Å². The third-order valence-corrected chi connectivity index (χ3v) is 4.36. The van der Waals surface area contributed by atoms with Gasteiger partial charge in [0.05, 0.1) is 24.1 Å². The summed E-state index contributed by atoms with van der Waals surface area (Å²) in [5.41, 5.74) is 5.82. The third-order valence-electron chi connectivity index (χ3n) is 4.36. The Labute approximate surface area is 144 Å². The lowest BCUT2D eigenvalue weighted by Gasteiger charge is -2.20. The molecule has 4 nitrogen and oxygen atoms in total. The lowest BCUT2D eigenvalue weighted by molar-refractivity contribution is 0.866. The van der Waals surface area contributed by atoms with E-state index in [4.69, 9.17) is 0 Å². The Morgan fingerprint density at radius 1 is 1.12 bits per heavy atom. The standard InChI is InChI=1S/C20H24N4/c1-4-23(5-2)19-10-8-17(9-11-19)13-18-15-24(22-16(18)3)20-7-6-12-21-14-20/h6-14H,4-5,15H2,1-3H3. The zero-order valence-corrected chi connectivity index (χ0v) is 14.6. The van der Waals surface area contributed by atoms with Crippen molar-refractivity contribution in [3.8, 4) is 0 Å². The number of anilines is 2. The Morgan fingerprint density at radius 3 is 2.50 bits per heavy atom. The molecule has 0 fully saturated rings. The molecule has 0 spiro atoms. The highest BCUT2D eigenvalue weighted by Crippen LogP contribution is 2.23. The summed E-state index contributed by atoms with van der Waals surface area (Å²) in [4.78, 5) is 6.52. The molecule has 4 heteroatoms. The Hall–Kier alpha value is -2.62. The summed E-state index contributed by atoms with van der Waals surface area (Å²) >= 11 is 0. The van der Waals surface area contributed by atoms with E-state index in [0.717, 1.165) is 31.0 Å². The summed E-state index contributed by atoms with van der Waals surface area (Å²) in [5, 5.41) is 6.64. The van der Waals surface area contributed by atoms with Gasteiger partial charge < -0.3 is 4.90 Å². The van der Waals surface area contributed by atoms with Gasteiger partial charge in [-0.1, -0.05) is 12.1 Å². The summed E-state index contributed by atoms with van der Waals surface area (Å²) < 4.78 is 0. The Balaban J connectivity index is 1.76. The molecule has 1 aromatic heterocycles. The van der Waals surface area contributed by atoms with Gasteiger partial charge in [0.15, 0.2) is 0 Å². The molecule has 2 aromatic rings. The van der Waals surface area contributed by atoms with E-state index in [1.54, 1.807) is 6.20 Å². The van der Waals surface area contributed by atoms with Crippen LogP contribution in [0.2, 0.25) is 0 Å². The van der Waals surface area contributed by atoms with Crippen LogP contribution in [-0.4, -0.2) is 30.3 Å². The van der Waals surface area contributed by atoms with Crippen LogP contribution in [0.3, 0.4) is 0 Å². The maximum atomic E-state index is 4.64. The maximum Gasteiger partial charge on any atom is 0.0781 e. The van der Waals surface area contributed by atoms with Crippen LogP contribution in [0, 0.1) is 0 Å². The van der Waals surface area contributed by atoms with Gasteiger partial charge in [0.1, 0.15) is 0 Å². The highest BCUT2D eigenvalue weighted by molar-refractivity contribution is 6.05. The first-order valence-corrected chi connectivity index (χ1v) is 8.50. The lowest BCUT2D eigenvalue weighted by atomic mass is 10.1. The maximum absolute atomic E-state index is 4.64. The number of aromatic nitrogens is 1. The predicted molar refractivity (Wildman–Crippen MR) is 103 cm³/mol. The van der Waals surface area contributed by atoms with E-state index in [2.05, 4.69) is 66.1 Å². The minimum absolute atomic E-state index is 0.787. The molecule has 3 rings (SSSR count). The molecule has 0 unspecified atom stereocenters. The van der Waals surface area contributed by atoms with Gasteiger partial charge in [-0.05, 0) is 62.2 Å². The number of benzene rings is 1. The molecular weight excluding hydrogens is 296 g/mol. The van der Waals surface area contributed by atoms with Gasteiger partial charge in [0.25, 0.3) is 0 Å². The van der Waals surface area contributed by atoms with E-state index in [-0.39, 0.29) is 0 Å². The van der Waals surface area contributed by atoms with Crippen molar-refractivity contribution in [3.63, 3.8) is 0 Å². The van der Waals surface area contributed by atoms with Crippen molar-refractivity contribution in [3.05, 3.63) is 59.9 Å². The van der Waals surface area contributed by atoms with Crippen molar-refractivity contribution in [2.75, 3.05) is 29.5 Å². The van der Waals surface area contributed by atoms with Gasteiger partial charge in [-0.25, -0.2) is 0 Å². The first-order chi connectivity index (χ1) is 11.7. The van der Waals surface area contributed by atoms with E-state index in [9.17, 15) is 0 Å². The van der Waals surface area contributed by atoms with Gasteiger partial charge in [0.2, 0.25) is 0 Å². The fourth-order valence-corrected chi connectivity index (χ4v) is 2.93. The van der Waals surface area contributed by atoms with Crippen molar-refractivity contribution < 1.29 is 0 Å². The highest BCUT2D eigenvalue weighted by Gasteiger charge is 2.18. The summed E-state index contributed by atoms with van der Waals surface area (Å²) in [7, 11) is 0. The predicted octanol–water partition coefficient (Wildman–Crippen LogP) is 4.21. The van der Waals surface area contributed by atoms with E-state index in [0.29, 0.717) is 0 Å². The zero-order chi connectivity index (χ0) is 16.9. The summed E-state index contributed by atoms with van der Waals surface area (Å²) in [6.45, 7) is 9.28. The average Bonchev–Trinajstić information content (AvgIpc) is 2.99. The van der Waals surface area contributed by atoms with Crippen LogP contribution in [0.15, 0.2) is 59.5 Å². The number of hydrogen-bond acceptors (Lipinski definition) is 4. The average molecular weight is 320 g/mol. The number of hydrogen-bond donors (Lipinski definition) is 0. The molecule has 0 aliphatic carbocycles. The molecule has 0 amide bonds. The molecule has 0 atom stereocenters. The largest absolute Gasteiger partial charge is 0.372 e. The Bertz CT molecular complexity index is 728. The van der Waals surface area contributed by atoms with E-state index in [1.807, 2.05) is 23.3 Å². The van der Waals surface area contributed by atoms with Crippen molar-refractivity contribution in [2.24, 2.45) is 5.10 Å². The molecule has 0 saturated carbocycles. The summed E-state index contributed by atoms with van der Waals surface area (Å²) in [6.07, 6.45) is 5.85. The number of nitrogens with zero attached hydrogens (tertiary/aromatic N) is 4. The van der Waals surface area contributed by atoms with Crippen molar-refractivity contribution >= 4 is 23.2 Å². The van der Waals surface area contributed by atoms with Crippen LogP contribution in [0.25, 0.3) is 6.08 Å². The molecule has 2 heterocycles. The van der Waals surface area contributed by atoms with Crippen LogP contribution < -0.4 is 9.91 Å². The van der Waals surface area contributed by atoms with Gasteiger partial charge >= 0.3 is 0 Å². The first kappa shape index (κ1) is 16.2. The van der Waals surface area contributed by atoms with Gasteiger partial charge in [-0.2, -0.15) is 5.10 Å². The molecule has 0 radical (unpaired) electrons. The molecule has 124 valence electrons. The highest BCUT2D eigenvalue weighted by atomic mass is 15.5. The molecule has 0 N–H and O–H groups in total.